The lowest BCUT2D eigenvalue weighted by atomic mass is 10.1. The van der Waals surface area contributed by atoms with Crippen molar-refractivity contribution < 1.29 is 8.42 Å². The van der Waals surface area contributed by atoms with Crippen molar-refractivity contribution in [3.8, 4) is 0 Å². The maximum Gasteiger partial charge on any atom is 0.266 e. The van der Waals surface area contributed by atoms with Gasteiger partial charge in [0.2, 0.25) is 10.0 Å². The Morgan fingerprint density at radius 2 is 2.14 bits per heavy atom. The molecule has 2 aromatic rings. The summed E-state index contributed by atoms with van der Waals surface area (Å²) in [6, 6.07) is 3.03. The van der Waals surface area contributed by atoms with Crippen molar-refractivity contribution in [1.29, 1.82) is 0 Å². The maximum atomic E-state index is 11.9. The van der Waals surface area contributed by atoms with Gasteiger partial charge in [-0.1, -0.05) is 0 Å². The van der Waals surface area contributed by atoms with Gasteiger partial charge in [0.05, 0.1) is 19.3 Å². The summed E-state index contributed by atoms with van der Waals surface area (Å²) in [5.74, 6) is 0.652. The van der Waals surface area contributed by atoms with Crippen molar-refractivity contribution in [1.82, 2.24) is 23.6 Å². The average Bonchev–Trinajstić information content (AvgIpc) is 2.79. The summed E-state index contributed by atoms with van der Waals surface area (Å²) in [5, 5.41) is 4.05. The molecule has 0 saturated heterocycles. The number of hydrogen-bond donors (Lipinski definition) is 0. The maximum absolute atomic E-state index is 11.9. The molecule has 9 heteroatoms. The van der Waals surface area contributed by atoms with E-state index in [0.29, 0.717) is 25.5 Å². The normalized spacial score (nSPS) is 19.6. The van der Waals surface area contributed by atoms with E-state index < -0.39 is 10.0 Å². The second kappa shape index (κ2) is 5.65. The van der Waals surface area contributed by atoms with Crippen LogP contribution in [0.1, 0.15) is 5.82 Å². The summed E-state index contributed by atoms with van der Waals surface area (Å²) >= 11 is 0. The predicted molar refractivity (Wildman–Crippen MR) is 79.5 cm³/mol. The first kappa shape index (κ1) is 14.9. The van der Waals surface area contributed by atoms with Crippen molar-refractivity contribution in [2.45, 2.75) is 19.6 Å². The van der Waals surface area contributed by atoms with Gasteiger partial charge in [-0.05, 0) is 6.07 Å². The number of hydrogen-bond acceptors (Lipinski definition) is 5. The molecule has 1 unspecified atom stereocenters. The standard InChI is InChI=1S/C13H17N5O3S/c1-22(20,21)17-8-11(7-16-6-5-14-12(16)10-17)9-18-13(19)3-2-4-15-18/h2-6,11H,7-10H2,1H3. The molecule has 0 N–H and O–H groups in total. The van der Waals surface area contributed by atoms with Crippen molar-refractivity contribution in [3.63, 3.8) is 0 Å². The molecule has 0 radical (unpaired) electrons. The Kier molecular flexibility index (Phi) is 3.83. The van der Waals surface area contributed by atoms with Crippen molar-refractivity contribution >= 4 is 10.0 Å². The molecule has 0 fully saturated rings. The van der Waals surface area contributed by atoms with Crippen LogP contribution in [0.2, 0.25) is 0 Å². The lowest BCUT2D eigenvalue weighted by molar-refractivity contribution is 0.299. The molecular formula is C13H17N5O3S. The van der Waals surface area contributed by atoms with Gasteiger partial charge in [-0.2, -0.15) is 9.40 Å². The molecule has 1 atom stereocenters. The number of imidazole rings is 1. The smallest absolute Gasteiger partial charge is 0.266 e. The third-order valence-electron chi connectivity index (χ3n) is 3.72. The monoisotopic (exact) mass is 323 g/mol. The van der Waals surface area contributed by atoms with Crippen LogP contribution in [0, 0.1) is 5.92 Å². The fourth-order valence-electron chi connectivity index (χ4n) is 2.64. The van der Waals surface area contributed by atoms with E-state index in [1.807, 2.05) is 10.8 Å². The summed E-state index contributed by atoms with van der Waals surface area (Å²) in [7, 11) is -3.33. The Bertz CT molecular complexity index is 826. The highest BCUT2D eigenvalue weighted by Gasteiger charge is 2.28. The Morgan fingerprint density at radius 1 is 1.32 bits per heavy atom. The number of sulfonamides is 1. The second-order valence-electron chi connectivity index (χ2n) is 5.46. The lowest BCUT2D eigenvalue weighted by Crippen LogP contribution is -2.36. The average molecular weight is 323 g/mol. The zero-order valence-corrected chi connectivity index (χ0v) is 13.0. The first-order valence-electron chi connectivity index (χ1n) is 6.91. The van der Waals surface area contributed by atoms with Gasteiger partial charge in [-0.15, -0.1) is 0 Å². The highest BCUT2D eigenvalue weighted by Crippen LogP contribution is 2.18. The van der Waals surface area contributed by atoms with Crippen LogP contribution >= 0.6 is 0 Å². The van der Waals surface area contributed by atoms with Crippen LogP contribution in [0.25, 0.3) is 0 Å². The molecule has 0 amide bonds. The molecular weight excluding hydrogens is 306 g/mol. The fraction of sp³-hybridized carbons (Fsp3) is 0.462. The predicted octanol–water partition coefficient (Wildman–Crippen LogP) is -0.469. The van der Waals surface area contributed by atoms with Crippen LogP contribution in [0.15, 0.2) is 35.5 Å². The van der Waals surface area contributed by atoms with Gasteiger partial charge in [0.1, 0.15) is 5.82 Å². The largest absolute Gasteiger partial charge is 0.333 e. The molecule has 118 valence electrons. The van der Waals surface area contributed by atoms with Crippen LogP contribution in [0.3, 0.4) is 0 Å². The van der Waals surface area contributed by atoms with Gasteiger partial charge in [-0.3, -0.25) is 4.79 Å². The van der Waals surface area contributed by atoms with E-state index in [2.05, 4.69) is 10.1 Å². The SMILES string of the molecule is CS(=O)(=O)N1Cc2nccn2CC(Cn2ncccc2=O)C1. The zero-order chi connectivity index (χ0) is 15.7. The first-order valence-corrected chi connectivity index (χ1v) is 8.75. The molecule has 0 aromatic carbocycles. The molecule has 0 saturated carbocycles. The molecule has 1 aliphatic rings. The van der Waals surface area contributed by atoms with Gasteiger partial charge in [0, 0.05) is 43.7 Å². The first-order chi connectivity index (χ1) is 10.4. The molecule has 2 aromatic heterocycles. The van der Waals surface area contributed by atoms with Gasteiger partial charge in [0.15, 0.2) is 0 Å². The van der Waals surface area contributed by atoms with Crippen molar-refractivity contribution in [3.05, 3.63) is 46.9 Å². The summed E-state index contributed by atoms with van der Waals surface area (Å²) in [6.45, 7) is 1.55. The Morgan fingerprint density at radius 3 is 2.86 bits per heavy atom. The lowest BCUT2D eigenvalue weighted by Gasteiger charge is -2.21. The molecule has 0 spiro atoms. The van der Waals surface area contributed by atoms with Crippen LogP contribution in [-0.2, 0) is 29.7 Å². The minimum absolute atomic E-state index is 0.0576. The quantitative estimate of drug-likeness (QED) is 0.762. The van der Waals surface area contributed by atoms with Gasteiger partial charge < -0.3 is 4.57 Å². The topological polar surface area (TPSA) is 90.1 Å². The summed E-state index contributed by atoms with van der Waals surface area (Å²) in [6.07, 6.45) is 6.23. The van der Waals surface area contributed by atoms with E-state index in [4.69, 9.17) is 0 Å². The second-order valence-corrected chi connectivity index (χ2v) is 7.44. The van der Waals surface area contributed by atoms with Crippen LogP contribution in [-0.4, -0.2) is 44.9 Å². The summed E-state index contributed by atoms with van der Waals surface area (Å²) < 4.78 is 28.6. The van der Waals surface area contributed by atoms with E-state index in [1.165, 1.54) is 21.3 Å². The van der Waals surface area contributed by atoms with Gasteiger partial charge in [0.25, 0.3) is 5.56 Å². The molecule has 3 rings (SSSR count). The van der Waals surface area contributed by atoms with Gasteiger partial charge >= 0.3 is 0 Å². The highest BCUT2D eigenvalue weighted by atomic mass is 32.2. The van der Waals surface area contributed by atoms with E-state index in [0.717, 1.165) is 0 Å². The van der Waals surface area contributed by atoms with E-state index in [1.54, 1.807) is 18.5 Å². The number of aromatic nitrogens is 4. The molecule has 22 heavy (non-hydrogen) atoms. The highest BCUT2D eigenvalue weighted by molar-refractivity contribution is 7.88. The van der Waals surface area contributed by atoms with Gasteiger partial charge in [-0.25, -0.2) is 18.1 Å². The van der Waals surface area contributed by atoms with E-state index >= 15 is 0 Å². The van der Waals surface area contributed by atoms with Crippen molar-refractivity contribution in [2.24, 2.45) is 5.92 Å². The fourth-order valence-corrected chi connectivity index (χ4v) is 3.47. The Hall–Kier alpha value is -2.00. The molecule has 8 nitrogen and oxygen atoms in total. The Labute approximate surface area is 128 Å². The Balaban J connectivity index is 1.91. The van der Waals surface area contributed by atoms with Crippen molar-refractivity contribution in [2.75, 3.05) is 12.8 Å². The minimum Gasteiger partial charge on any atom is -0.333 e. The molecule has 1 aliphatic heterocycles. The van der Waals surface area contributed by atoms with Crippen LogP contribution in [0.4, 0.5) is 0 Å². The minimum atomic E-state index is -3.33. The van der Waals surface area contributed by atoms with E-state index in [9.17, 15) is 13.2 Å². The summed E-state index contributed by atoms with van der Waals surface area (Å²) in [4.78, 5) is 16.0. The third kappa shape index (κ3) is 3.09. The molecule has 0 aliphatic carbocycles. The van der Waals surface area contributed by atoms with Crippen LogP contribution in [0.5, 0.6) is 0 Å². The zero-order valence-electron chi connectivity index (χ0n) is 12.2. The number of nitrogens with zero attached hydrogens (tertiary/aromatic N) is 5. The molecule has 3 heterocycles. The summed E-state index contributed by atoms with van der Waals surface area (Å²) in [5.41, 5.74) is -0.191. The van der Waals surface area contributed by atoms with E-state index in [-0.39, 0.29) is 18.0 Å². The molecule has 0 bridgehead atoms. The third-order valence-corrected chi connectivity index (χ3v) is 4.94. The number of rotatable bonds is 3. The van der Waals surface area contributed by atoms with Crippen LogP contribution < -0.4 is 5.56 Å². The number of fused-ring (bicyclic) bond motifs is 1.